The van der Waals surface area contributed by atoms with E-state index < -0.39 is 11.0 Å². The molecule has 22 heavy (non-hydrogen) atoms. The molecule has 1 aromatic heterocycles. The first kappa shape index (κ1) is 15.9. The van der Waals surface area contributed by atoms with Crippen LogP contribution in [0.3, 0.4) is 0 Å². The van der Waals surface area contributed by atoms with E-state index in [1.165, 1.54) is 10.9 Å². The summed E-state index contributed by atoms with van der Waals surface area (Å²) in [4.78, 5) is 10.0. The number of aromatic hydroxyl groups is 1. The summed E-state index contributed by atoms with van der Waals surface area (Å²) >= 11 is 0. The number of hydrogen-bond acceptors (Lipinski definition) is 6. The first-order valence-electron chi connectivity index (χ1n) is 6.83. The molecular weight excluding hydrogens is 288 g/mol. The Morgan fingerprint density at radius 1 is 1.50 bits per heavy atom. The highest BCUT2D eigenvalue weighted by Gasteiger charge is 2.13. The van der Waals surface area contributed by atoms with Crippen molar-refractivity contribution in [1.82, 2.24) is 15.1 Å². The Morgan fingerprint density at radius 3 is 2.91 bits per heavy atom. The second-order valence-electron chi connectivity index (χ2n) is 5.06. The maximum atomic E-state index is 10.6. The molecule has 0 saturated heterocycles. The van der Waals surface area contributed by atoms with Gasteiger partial charge in [0.25, 0.3) is 0 Å². The zero-order chi connectivity index (χ0) is 16.1. The van der Waals surface area contributed by atoms with E-state index in [4.69, 9.17) is 0 Å². The summed E-state index contributed by atoms with van der Waals surface area (Å²) in [6.07, 6.45) is 1.69. The molecule has 0 spiro atoms. The lowest BCUT2D eigenvalue weighted by molar-refractivity contribution is -0.385. The summed E-state index contributed by atoms with van der Waals surface area (Å²) in [6.45, 7) is 2.37. The molecule has 2 aromatic rings. The van der Waals surface area contributed by atoms with Crippen molar-refractivity contribution in [3.8, 4) is 5.75 Å². The number of nitrogens with one attached hydrogen (secondary N) is 1. The Labute approximate surface area is 127 Å². The first-order chi connectivity index (χ1) is 10.5. The highest BCUT2D eigenvalue weighted by atomic mass is 16.6. The molecule has 0 radical (unpaired) electrons. The van der Waals surface area contributed by atoms with E-state index in [-0.39, 0.29) is 24.0 Å². The SMILES string of the molecule is CC(NCC(O)Cn1cc([N+](=O)[O-])cn1)c1cccc(O)c1. The van der Waals surface area contributed by atoms with Crippen LogP contribution in [0.25, 0.3) is 0 Å². The number of rotatable bonds is 7. The maximum absolute atomic E-state index is 10.6. The number of aliphatic hydroxyl groups is 1. The van der Waals surface area contributed by atoms with Crippen LogP contribution >= 0.6 is 0 Å². The molecule has 3 N–H and O–H groups in total. The summed E-state index contributed by atoms with van der Waals surface area (Å²) in [5, 5.41) is 36.9. The molecule has 0 bridgehead atoms. The zero-order valence-corrected chi connectivity index (χ0v) is 12.1. The molecule has 0 aliphatic rings. The van der Waals surface area contributed by atoms with Gasteiger partial charge in [0.05, 0.1) is 17.6 Å². The molecule has 8 nitrogen and oxygen atoms in total. The second-order valence-corrected chi connectivity index (χ2v) is 5.06. The van der Waals surface area contributed by atoms with E-state index in [0.29, 0.717) is 6.54 Å². The van der Waals surface area contributed by atoms with Crippen LogP contribution in [-0.4, -0.2) is 37.6 Å². The fourth-order valence-corrected chi connectivity index (χ4v) is 2.05. The fraction of sp³-hybridized carbons (Fsp3) is 0.357. The van der Waals surface area contributed by atoms with Crippen molar-refractivity contribution in [3.05, 3.63) is 52.3 Å². The van der Waals surface area contributed by atoms with Gasteiger partial charge in [-0.1, -0.05) is 12.1 Å². The van der Waals surface area contributed by atoms with Crippen molar-refractivity contribution in [3.63, 3.8) is 0 Å². The summed E-state index contributed by atoms with van der Waals surface area (Å²) in [5.41, 5.74) is 0.801. The molecule has 2 rings (SSSR count). The van der Waals surface area contributed by atoms with E-state index in [9.17, 15) is 20.3 Å². The van der Waals surface area contributed by atoms with Crippen LogP contribution < -0.4 is 5.32 Å². The average Bonchev–Trinajstić information content (AvgIpc) is 2.93. The summed E-state index contributed by atoms with van der Waals surface area (Å²) in [6, 6.07) is 6.83. The van der Waals surface area contributed by atoms with Gasteiger partial charge in [-0.15, -0.1) is 0 Å². The molecule has 0 aliphatic heterocycles. The number of nitro groups is 1. The van der Waals surface area contributed by atoms with Gasteiger partial charge < -0.3 is 15.5 Å². The van der Waals surface area contributed by atoms with E-state index >= 15 is 0 Å². The van der Waals surface area contributed by atoms with Crippen LogP contribution in [0.1, 0.15) is 18.5 Å². The number of benzene rings is 1. The molecule has 8 heteroatoms. The number of aromatic nitrogens is 2. The Bertz CT molecular complexity index is 643. The number of phenols is 1. The van der Waals surface area contributed by atoms with Gasteiger partial charge in [0.1, 0.15) is 18.1 Å². The smallest absolute Gasteiger partial charge is 0.306 e. The van der Waals surface area contributed by atoms with E-state index in [1.807, 2.05) is 13.0 Å². The van der Waals surface area contributed by atoms with Gasteiger partial charge >= 0.3 is 5.69 Å². The quantitative estimate of drug-likeness (QED) is 0.523. The standard InChI is InChI=1S/C14H18N4O4/c1-10(11-3-2-4-13(19)5-11)15-7-14(20)9-17-8-12(6-16-17)18(21)22/h2-6,8,10,14-15,19-20H,7,9H2,1H3. The van der Waals surface area contributed by atoms with Crippen molar-refractivity contribution in [2.75, 3.05) is 6.54 Å². The van der Waals surface area contributed by atoms with Crippen LogP contribution in [0.15, 0.2) is 36.7 Å². The summed E-state index contributed by atoms with van der Waals surface area (Å²) in [5.74, 6) is 0.190. The van der Waals surface area contributed by atoms with Crippen LogP contribution in [0.4, 0.5) is 5.69 Å². The van der Waals surface area contributed by atoms with Crippen LogP contribution in [0.2, 0.25) is 0 Å². The van der Waals surface area contributed by atoms with Crippen LogP contribution in [0.5, 0.6) is 5.75 Å². The van der Waals surface area contributed by atoms with Crippen molar-refractivity contribution in [2.24, 2.45) is 0 Å². The van der Waals surface area contributed by atoms with Crippen molar-refractivity contribution >= 4 is 5.69 Å². The first-order valence-corrected chi connectivity index (χ1v) is 6.83. The minimum absolute atomic E-state index is 0.0475. The third kappa shape index (κ3) is 4.27. The molecule has 0 fully saturated rings. The molecule has 118 valence electrons. The van der Waals surface area contributed by atoms with E-state index in [2.05, 4.69) is 10.4 Å². The predicted octanol–water partition coefficient (Wildman–Crippen LogP) is 1.21. The normalized spacial score (nSPS) is 13.7. The average molecular weight is 306 g/mol. The van der Waals surface area contributed by atoms with E-state index in [1.54, 1.807) is 18.2 Å². The summed E-state index contributed by atoms with van der Waals surface area (Å²) < 4.78 is 1.34. The van der Waals surface area contributed by atoms with Gasteiger partial charge in [-0.05, 0) is 24.6 Å². The Hall–Kier alpha value is -2.45. The number of aliphatic hydroxyl groups excluding tert-OH is 1. The van der Waals surface area contributed by atoms with Gasteiger partial charge in [0.2, 0.25) is 0 Å². The fourth-order valence-electron chi connectivity index (χ4n) is 2.05. The van der Waals surface area contributed by atoms with E-state index in [0.717, 1.165) is 11.8 Å². The molecule has 0 amide bonds. The highest BCUT2D eigenvalue weighted by molar-refractivity contribution is 5.29. The lowest BCUT2D eigenvalue weighted by Gasteiger charge is -2.17. The third-order valence-corrected chi connectivity index (χ3v) is 3.26. The Morgan fingerprint density at radius 2 is 2.27 bits per heavy atom. The topological polar surface area (TPSA) is 113 Å². The minimum Gasteiger partial charge on any atom is -0.508 e. The highest BCUT2D eigenvalue weighted by Crippen LogP contribution is 2.17. The molecule has 2 atom stereocenters. The van der Waals surface area contributed by atoms with Gasteiger partial charge in [-0.2, -0.15) is 5.10 Å². The van der Waals surface area contributed by atoms with Gasteiger partial charge in [0.15, 0.2) is 0 Å². The Kier molecular flexibility index (Phi) is 5.08. The molecule has 1 heterocycles. The van der Waals surface area contributed by atoms with Crippen molar-refractivity contribution < 1.29 is 15.1 Å². The minimum atomic E-state index is -0.737. The molecule has 2 unspecified atom stereocenters. The third-order valence-electron chi connectivity index (χ3n) is 3.26. The zero-order valence-electron chi connectivity index (χ0n) is 12.1. The van der Waals surface area contributed by atoms with Gasteiger partial charge in [-0.25, -0.2) is 0 Å². The maximum Gasteiger partial charge on any atom is 0.306 e. The molecule has 0 aliphatic carbocycles. The Balaban J connectivity index is 1.84. The van der Waals surface area contributed by atoms with Crippen LogP contribution in [0, 0.1) is 10.1 Å². The predicted molar refractivity (Wildman–Crippen MR) is 79.4 cm³/mol. The monoisotopic (exact) mass is 306 g/mol. The lowest BCUT2D eigenvalue weighted by Crippen LogP contribution is -2.32. The van der Waals surface area contributed by atoms with Crippen molar-refractivity contribution in [2.45, 2.75) is 25.6 Å². The molecular formula is C14H18N4O4. The largest absolute Gasteiger partial charge is 0.508 e. The molecule has 0 saturated carbocycles. The van der Waals surface area contributed by atoms with Gasteiger partial charge in [-0.3, -0.25) is 14.8 Å². The summed E-state index contributed by atoms with van der Waals surface area (Å²) in [7, 11) is 0. The van der Waals surface area contributed by atoms with Crippen molar-refractivity contribution in [1.29, 1.82) is 0 Å². The van der Waals surface area contributed by atoms with Gasteiger partial charge in [0, 0.05) is 12.6 Å². The molecule has 1 aromatic carbocycles. The number of phenolic OH excluding ortho intramolecular Hbond substituents is 1. The number of nitrogens with zero attached hydrogens (tertiary/aromatic N) is 3. The number of hydrogen-bond donors (Lipinski definition) is 3. The second kappa shape index (κ2) is 7.01. The van der Waals surface area contributed by atoms with Crippen LogP contribution in [-0.2, 0) is 6.54 Å². The lowest BCUT2D eigenvalue weighted by atomic mass is 10.1.